The van der Waals surface area contributed by atoms with Crippen LogP contribution < -0.4 is 10.1 Å². The van der Waals surface area contributed by atoms with Crippen molar-refractivity contribution in [3.63, 3.8) is 0 Å². The van der Waals surface area contributed by atoms with E-state index in [0.717, 1.165) is 0 Å². The SMILES string of the molecule is CC(C)Nc1cccc(C(=O)Oc2ccc(F)c(Br)c2)n1. The molecular formula is C15H14BrFN2O2. The van der Waals surface area contributed by atoms with Gasteiger partial charge in [-0.3, -0.25) is 0 Å². The average molecular weight is 353 g/mol. The van der Waals surface area contributed by atoms with Crippen LogP contribution in [0.1, 0.15) is 24.3 Å². The van der Waals surface area contributed by atoms with Crippen molar-refractivity contribution in [1.82, 2.24) is 4.98 Å². The highest BCUT2D eigenvalue weighted by molar-refractivity contribution is 9.10. The molecule has 110 valence electrons. The maximum absolute atomic E-state index is 13.1. The fraction of sp³-hybridized carbons (Fsp3) is 0.200. The summed E-state index contributed by atoms with van der Waals surface area (Å²) in [5, 5.41) is 3.10. The smallest absolute Gasteiger partial charge is 0.362 e. The second-order valence-corrected chi connectivity index (χ2v) is 5.53. The Morgan fingerprint density at radius 2 is 2.10 bits per heavy atom. The Morgan fingerprint density at radius 1 is 1.33 bits per heavy atom. The summed E-state index contributed by atoms with van der Waals surface area (Å²) in [6.07, 6.45) is 0. The number of carbonyl (C=O) groups excluding carboxylic acids is 1. The summed E-state index contributed by atoms with van der Waals surface area (Å²) in [7, 11) is 0. The lowest BCUT2D eigenvalue weighted by Gasteiger charge is -2.10. The standard InChI is InChI=1S/C15H14BrFN2O2/c1-9(2)18-14-5-3-4-13(19-14)15(20)21-10-6-7-12(17)11(16)8-10/h3-9H,1-2H3,(H,18,19). The van der Waals surface area contributed by atoms with Gasteiger partial charge in [-0.2, -0.15) is 0 Å². The summed E-state index contributed by atoms with van der Waals surface area (Å²) in [6, 6.07) is 9.25. The highest BCUT2D eigenvalue weighted by Gasteiger charge is 2.12. The molecule has 0 aliphatic carbocycles. The van der Waals surface area contributed by atoms with Crippen LogP contribution in [0, 0.1) is 5.82 Å². The maximum atomic E-state index is 13.1. The minimum absolute atomic E-state index is 0.182. The van der Waals surface area contributed by atoms with Crippen LogP contribution in [0.4, 0.5) is 10.2 Å². The highest BCUT2D eigenvalue weighted by atomic mass is 79.9. The van der Waals surface area contributed by atoms with E-state index < -0.39 is 11.8 Å². The third kappa shape index (κ3) is 4.26. The summed E-state index contributed by atoms with van der Waals surface area (Å²) in [5.74, 6) is -0.172. The third-order valence-electron chi connectivity index (χ3n) is 2.50. The van der Waals surface area contributed by atoms with E-state index in [1.54, 1.807) is 18.2 Å². The number of nitrogens with one attached hydrogen (secondary N) is 1. The summed E-state index contributed by atoms with van der Waals surface area (Å²) >= 11 is 3.04. The van der Waals surface area contributed by atoms with Gasteiger partial charge in [0.05, 0.1) is 4.47 Å². The second-order valence-electron chi connectivity index (χ2n) is 4.67. The average Bonchev–Trinajstić information content (AvgIpc) is 2.42. The Balaban J connectivity index is 2.14. The van der Waals surface area contributed by atoms with Crippen molar-refractivity contribution in [3.05, 3.63) is 52.4 Å². The molecule has 21 heavy (non-hydrogen) atoms. The molecule has 2 aromatic rings. The zero-order chi connectivity index (χ0) is 15.4. The maximum Gasteiger partial charge on any atom is 0.362 e. The van der Waals surface area contributed by atoms with Gasteiger partial charge in [0.25, 0.3) is 0 Å². The molecule has 0 saturated carbocycles. The quantitative estimate of drug-likeness (QED) is 0.666. The van der Waals surface area contributed by atoms with Crippen molar-refractivity contribution in [2.45, 2.75) is 19.9 Å². The zero-order valence-corrected chi connectivity index (χ0v) is 13.1. The van der Waals surface area contributed by atoms with E-state index in [-0.39, 0.29) is 22.0 Å². The van der Waals surface area contributed by atoms with Crippen LogP contribution in [0.5, 0.6) is 5.75 Å². The Morgan fingerprint density at radius 3 is 2.76 bits per heavy atom. The van der Waals surface area contributed by atoms with Crippen molar-refractivity contribution in [2.24, 2.45) is 0 Å². The fourth-order valence-corrected chi connectivity index (χ4v) is 1.98. The molecule has 0 fully saturated rings. The molecule has 0 spiro atoms. The predicted octanol–water partition coefficient (Wildman–Crippen LogP) is 4.02. The van der Waals surface area contributed by atoms with Crippen molar-refractivity contribution >= 4 is 27.7 Å². The zero-order valence-electron chi connectivity index (χ0n) is 11.6. The number of rotatable bonds is 4. The number of benzene rings is 1. The molecule has 0 aliphatic rings. The number of hydrogen-bond acceptors (Lipinski definition) is 4. The Labute approximate surface area is 130 Å². The normalized spacial score (nSPS) is 10.5. The molecule has 0 aliphatic heterocycles. The lowest BCUT2D eigenvalue weighted by atomic mass is 10.3. The number of esters is 1. The van der Waals surface area contributed by atoms with E-state index in [1.807, 2.05) is 13.8 Å². The van der Waals surface area contributed by atoms with Crippen molar-refractivity contribution < 1.29 is 13.9 Å². The monoisotopic (exact) mass is 352 g/mol. The summed E-state index contributed by atoms with van der Waals surface area (Å²) in [5.41, 5.74) is 0.182. The van der Waals surface area contributed by atoms with Gasteiger partial charge in [-0.05, 0) is 60.1 Å². The predicted molar refractivity (Wildman–Crippen MR) is 82.1 cm³/mol. The first-order valence-corrected chi connectivity index (χ1v) is 7.16. The summed E-state index contributed by atoms with van der Waals surface area (Å²) in [4.78, 5) is 16.2. The molecule has 0 saturated heterocycles. The second kappa shape index (κ2) is 6.67. The fourth-order valence-electron chi connectivity index (χ4n) is 1.62. The number of halogens is 2. The van der Waals surface area contributed by atoms with Crippen molar-refractivity contribution in [3.8, 4) is 5.75 Å². The molecule has 1 aromatic carbocycles. The molecule has 0 atom stereocenters. The molecule has 4 nitrogen and oxygen atoms in total. The topological polar surface area (TPSA) is 51.2 Å². The van der Waals surface area contributed by atoms with Gasteiger partial charge in [0.1, 0.15) is 17.4 Å². The van der Waals surface area contributed by atoms with Gasteiger partial charge in [0.15, 0.2) is 5.69 Å². The van der Waals surface area contributed by atoms with E-state index >= 15 is 0 Å². The number of ether oxygens (including phenoxy) is 1. The molecule has 0 unspecified atom stereocenters. The molecular weight excluding hydrogens is 339 g/mol. The van der Waals surface area contributed by atoms with Crippen LogP contribution in [0.25, 0.3) is 0 Å². The molecule has 0 bridgehead atoms. The largest absolute Gasteiger partial charge is 0.422 e. The molecule has 1 N–H and O–H groups in total. The minimum atomic E-state index is -0.596. The number of pyridine rings is 1. The first-order chi connectivity index (χ1) is 9.95. The van der Waals surface area contributed by atoms with Crippen molar-refractivity contribution in [2.75, 3.05) is 5.32 Å². The van der Waals surface area contributed by atoms with Crippen molar-refractivity contribution in [1.29, 1.82) is 0 Å². The van der Waals surface area contributed by atoms with Gasteiger partial charge in [-0.1, -0.05) is 6.07 Å². The van der Waals surface area contributed by atoms with Crippen LogP contribution in [-0.2, 0) is 0 Å². The number of aromatic nitrogens is 1. The first-order valence-electron chi connectivity index (χ1n) is 6.36. The third-order valence-corrected chi connectivity index (χ3v) is 3.10. The molecule has 1 heterocycles. The molecule has 0 radical (unpaired) electrons. The lowest BCUT2D eigenvalue weighted by molar-refractivity contribution is 0.0728. The van der Waals surface area contributed by atoms with Crippen LogP contribution in [-0.4, -0.2) is 17.0 Å². The number of carbonyl (C=O) groups is 1. The van der Waals surface area contributed by atoms with Gasteiger partial charge in [-0.25, -0.2) is 14.2 Å². The molecule has 2 rings (SSSR count). The van der Waals surface area contributed by atoms with Gasteiger partial charge in [0, 0.05) is 6.04 Å². The first kappa shape index (κ1) is 15.4. The van der Waals surface area contributed by atoms with Gasteiger partial charge in [-0.15, -0.1) is 0 Å². The van der Waals surface area contributed by atoms with Gasteiger partial charge in [0.2, 0.25) is 0 Å². The van der Waals surface area contributed by atoms with Crippen LogP contribution >= 0.6 is 15.9 Å². The minimum Gasteiger partial charge on any atom is -0.422 e. The number of hydrogen-bond donors (Lipinski definition) is 1. The van der Waals surface area contributed by atoms with E-state index in [2.05, 4.69) is 26.2 Å². The Kier molecular flexibility index (Phi) is 4.90. The lowest BCUT2D eigenvalue weighted by Crippen LogP contribution is -2.15. The number of nitrogens with zero attached hydrogens (tertiary/aromatic N) is 1. The van der Waals surface area contributed by atoms with Gasteiger partial charge < -0.3 is 10.1 Å². The summed E-state index contributed by atoms with van der Waals surface area (Å²) < 4.78 is 18.5. The van der Waals surface area contributed by atoms with Gasteiger partial charge >= 0.3 is 5.97 Å². The number of anilines is 1. The van der Waals surface area contributed by atoms with E-state index in [9.17, 15) is 9.18 Å². The van der Waals surface area contributed by atoms with E-state index in [1.165, 1.54) is 18.2 Å². The highest BCUT2D eigenvalue weighted by Crippen LogP contribution is 2.22. The Bertz CT molecular complexity index is 662. The van der Waals surface area contributed by atoms with E-state index in [4.69, 9.17) is 4.74 Å². The summed E-state index contributed by atoms with van der Waals surface area (Å²) in [6.45, 7) is 3.95. The van der Waals surface area contributed by atoms with Crippen LogP contribution in [0.3, 0.4) is 0 Å². The van der Waals surface area contributed by atoms with E-state index in [0.29, 0.717) is 5.82 Å². The Hall–Kier alpha value is -1.95. The molecule has 1 aromatic heterocycles. The van der Waals surface area contributed by atoms with Crippen LogP contribution in [0.15, 0.2) is 40.9 Å². The molecule has 6 heteroatoms. The molecule has 0 amide bonds. The van der Waals surface area contributed by atoms with Crippen LogP contribution in [0.2, 0.25) is 0 Å².